The van der Waals surface area contributed by atoms with E-state index in [1.54, 1.807) is 13.0 Å². The van der Waals surface area contributed by atoms with Gasteiger partial charge in [0.2, 0.25) is 12.0 Å². The molecular formula is C50H64N2O17. The van der Waals surface area contributed by atoms with E-state index in [1.807, 2.05) is 0 Å². The number of ketones is 1. The Balaban J connectivity index is 1.52. The van der Waals surface area contributed by atoms with Gasteiger partial charge in [-0.3, -0.25) is 19.2 Å². The molecule has 1 aliphatic heterocycles. The van der Waals surface area contributed by atoms with Gasteiger partial charge in [0.15, 0.2) is 11.4 Å². The molecule has 11 atom stereocenters. The Morgan fingerprint density at radius 3 is 2.22 bits per heavy atom. The van der Waals surface area contributed by atoms with Crippen LogP contribution >= 0.6 is 0 Å². The van der Waals surface area contributed by atoms with Crippen LogP contribution in [0, 0.1) is 16.7 Å². The molecular weight excluding hydrogens is 901 g/mol. The number of hydrogen-bond donors (Lipinski definition) is 5. The van der Waals surface area contributed by atoms with E-state index in [2.05, 4.69) is 10.6 Å². The van der Waals surface area contributed by atoms with Gasteiger partial charge in [-0.2, -0.15) is 0 Å². The van der Waals surface area contributed by atoms with Crippen LogP contribution in [0.4, 0.5) is 4.79 Å². The van der Waals surface area contributed by atoms with Crippen molar-refractivity contribution in [1.29, 1.82) is 0 Å². The first-order chi connectivity index (χ1) is 36.1. The summed E-state index contributed by atoms with van der Waals surface area (Å²) in [6.07, 6.45) is -14.9. The molecule has 2 aromatic rings. The zero-order valence-electron chi connectivity index (χ0n) is 47.9. The zero-order valence-corrected chi connectivity index (χ0v) is 38.9. The van der Waals surface area contributed by atoms with Gasteiger partial charge in [0.05, 0.1) is 36.2 Å². The number of rotatable bonds is 15. The Bertz CT molecular complexity index is 2610. The van der Waals surface area contributed by atoms with Gasteiger partial charge in [-0.05, 0) is 70.2 Å². The van der Waals surface area contributed by atoms with Crippen molar-refractivity contribution in [3.05, 3.63) is 82.9 Å². The second-order valence-electron chi connectivity index (χ2n) is 18.3. The standard InChI is InChI=1S/C50H64N2O17/c1-10-63-22-21-34(55)51-25-35(56)66-39(37(29-17-13-11-14-18-29)52-45(61)69-46(4,5)6)44(60)65-31-24-50(62)42(67-43(59)30-19-15-12-16-20-30)40-48(9,41(58)38(57)36(27(31)2)47(50,7)8)32(54)23-33-49(40,26-64-33)68-28(3)53/h11-20,31-33,37-40,42,54,57,62H,10,21-26H2,1-9H3,(H,51,55)(H,52,61)/t31-,32-,33+,37-,38+,39+,40-,42-,48+,49-,50+/m0/s1/i4D3,5D3,6D3. The van der Waals surface area contributed by atoms with E-state index < -0.39 is 158 Å². The van der Waals surface area contributed by atoms with E-state index >= 15 is 9.59 Å². The summed E-state index contributed by atoms with van der Waals surface area (Å²) >= 11 is 0. The molecule has 0 radical (unpaired) electrons. The highest BCUT2D eigenvalue weighted by Gasteiger charge is 2.78. The van der Waals surface area contributed by atoms with Crippen LogP contribution in [0.3, 0.4) is 0 Å². The molecule has 2 bridgehead atoms. The van der Waals surface area contributed by atoms with E-state index in [9.17, 15) is 39.3 Å². The Morgan fingerprint density at radius 2 is 1.62 bits per heavy atom. The van der Waals surface area contributed by atoms with Crippen molar-refractivity contribution in [3.63, 3.8) is 0 Å². The topological polar surface area (TPSA) is 269 Å². The van der Waals surface area contributed by atoms with E-state index in [0.29, 0.717) is 0 Å². The third-order valence-electron chi connectivity index (χ3n) is 13.8. The molecule has 19 heteroatoms. The molecule has 69 heavy (non-hydrogen) atoms. The predicted molar refractivity (Wildman–Crippen MR) is 242 cm³/mol. The molecule has 3 aliphatic carbocycles. The average molecular weight is 974 g/mol. The summed E-state index contributed by atoms with van der Waals surface area (Å²) in [5.74, 6) is -8.51. The van der Waals surface area contributed by atoms with Crippen LogP contribution in [0.2, 0.25) is 0 Å². The van der Waals surface area contributed by atoms with Crippen molar-refractivity contribution in [2.75, 3.05) is 26.4 Å². The summed E-state index contributed by atoms with van der Waals surface area (Å²) in [7, 11) is 0. The number of esters is 4. The minimum atomic E-state index is -4.21. The number of ether oxygens (including phenoxy) is 7. The molecule has 5 N–H and O–H groups in total. The molecule has 1 saturated heterocycles. The first-order valence-electron chi connectivity index (χ1n) is 26.8. The van der Waals surface area contributed by atoms with E-state index in [-0.39, 0.29) is 48.3 Å². The van der Waals surface area contributed by atoms with Crippen LogP contribution in [0.15, 0.2) is 71.8 Å². The van der Waals surface area contributed by atoms with Gasteiger partial charge in [0.25, 0.3) is 0 Å². The summed E-state index contributed by atoms with van der Waals surface area (Å²) in [6, 6.07) is 12.0. The maximum atomic E-state index is 15.3. The number of amides is 2. The molecule has 376 valence electrons. The zero-order chi connectivity index (χ0) is 58.4. The first kappa shape index (κ1) is 41.1. The fourth-order valence-electron chi connectivity index (χ4n) is 10.3. The molecule has 19 nitrogen and oxygen atoms in total. The summed E-state index contributed by atoms with van der Waals surface area (Å²) in [5.41, 5.74) is -13.5. The molecule has 0 unspecified atom stereocenters. The number of benzene rings is 2. The van der Waals surface area contributed by atoms with Crippen LogP contribution in [0.25, 0.3) is 0 Å². The lowest BCUT2D eigenvalue weighted by Crippen LogP contribution is -2.81. The summed E-state index contributed by atoms with van der Waals surface area (Å²) < 4.78 is 112. The molecule has 4 aliphatic rings. The van der Waals surface area contributed by atoms with Crippen LogP contribution in [-0.2, 0) is 57.1 Å². The van der Waals surface area contributed by atoms with Gasteiger partial charge in [-0.1, -0.05) is 62.4 Å². The Morgan fingerprint density at radius 1 is 0.971 bits per heavy atom. The molecule has 2 aromatic carbocycles. The highest BCUT2D eigenvalue weighted by molar-refractivity contribution is 5.94. The van der Waals surface area contributed by atoms with Crippen LogP contribution < -0.4 is 10.6 Å². The fourth-order valence-corrected chi connectivity index (χ4v) is 10.3. The van der Waals surface area contributed by atoms with Crippen molar-refractivity contribution >= 4 is 41.7 Å². The number of Topliss-reactive ketones (excluding diaryl/α,β-unsaturated/α-hetero) is 1. The van der Waals surface area contributed by atoms with Crippen LogP contribution in [-0.4, -0.2) is 137 Å². The number of carbonyl (C=O) groups excluding carboxylic acids is 7. The van der Waals surface area contributed by atoms with Gasteiger partial charge in [0, 0.05) is 50.5 Å². The molecule has 2 amide bonds. The van der Waals surface area contributed by atoms with Gasteiger partial charge in [-0.25, -0.2) is 14.4 Å². The maximum absolute atomic E-state index is 15.3. The van der Waals surface area contributed by atoms with Crippen LogP contribution in [0.1, 0.15) is 116 Å². The summed E-state index contributed by atoms with van der Waals surface area (Å²) in [6.45, 7) is -5.22. The molecule has 0 aromatic heterocycles. The van der Waals surface area contributed by atoms with Crippen molar-refractivity contribution < 1.29 is 94.4 Å². The van der Waals surface area contributed by atoms with Crippen molar-refractivity contribution in [2.45, 2.75) is 141 Å². The van der Waals surface area contributed by atoms with Crippen molar-refractivity contribution in [2.24, 2.45) is 16.7 Å². The van der Waals surface area contributed by atoms with Crippen molar-refractivity contribution in [1.82, 2.24) is 10.6 Å². The van der Waals surface area contributed by atoms with Gasteiger partial charge < -0.3 is 59.1 Å². The van der Waals surface area contributed by atoms with E-state index in [1.165, 1.54) is 82.3 Å². The maximum Gasteiger partial charge on any atom is 0.408 e. The van der Waals surface area contributed by atoms with Gasteiger partial charge in [0.1, 0.15) is 48.2 Å². The first-order valence-corrected chi connectivity index (χ1v) is 22.3. The minimum Gasteiger partial charge on any atom is -0.455 e. The van der Waals surface area contributed by atoms with Gasteiger partial charge >= 0.3 is 30.0 Å². The number of alkyl carbamates (subject to hydrolysis) is 1. The predicted octanol–water partition coefficient (Wildman–Crippen LogP) is 3.35. The number of carbonyl (C=O) groups is 7. The number of nitrogens with one attached hydrogen (secondary N) is 2. The molecule has 0 spiro atoms. The molecule has 1 heterocycles. The van der Waals surface area contributed by atoms with Crippen LogP contribution in [0.5, 0.6) is 0 Å². The number of hydrogen-bond acceptors (Lipinski definition) is 17. The Kier molecular flexibility index (Phi) is 12.1. The summed E-state index contributed by atoms with van der Waals surface area (Å²) in [4.78, 5) is 98.4. The fraction of sp³-hybridized carbons (Fsp3) is 0.580. The smallest absolute Gasteiger partial charge is 0.408 e. The number of aliphatic hydroxyl groups excluding tert-OH is 2. The highest BCUT2D eigenvalue weighted by atomic mass is 16.6. The SMILES string of the molecule is [2H]C([2H])([2H])C(OC(=O)N[C@@H](c1ccccc1)[C@@H](OC(=O)CNC(=O)CCOCC)C(=O)O[C@H]1C[C@@]2(O)[C@@H](OC(=O)c3ccccc3)[C@@H]3[C@]4(OC(C)=O)CO[C@@H]4C[C@H](O)[C@@]3(C)C(=O)[C@H](O)C(=C1C)C2(C)C)(C([2H])([2H])[2H])C([2H])([2H])[2H]. The third kappa shape index (κ3) is 10.3. The van der Waals surface area contributed by atoms with Crippen molar-refractivity contribution in [3.8, 4) is 0 Å². The Hall–Kier alpha value is -5.73. The normalized spacial score (nSPS) is 32.5. The second kappa shape index (κ2) is 20.3. The number of aliphatic hydroxyl groups is 3. The quantitative estimate of drug-likeness (QED) is 0.0741. The molecule has 2 saturated carbocycles. The monoisotopic (exact) mass is 973 g/mol. The highest BCUT2D eigenvalue weighted by Crippen LogP contribution is 2.64. The van der Waals surface area contributed by atoms with Gasteiger partial charge in [-0.15, -0.1) is 0 Å². The molecule has 3 fully saturated rings. The number of fused-ring (bicyclic) bond motifs is 5. The van der Waals surface area contributed by atoms with E-state index in [4.69, 9.17) is 45.5 Å². The summed E-state index contributed by atoms with van der Waals surface area (Å²) in [5, 5.41) is 42.6. The van der Waals surface area contributed by atoms with E-state index in [0.717, 1.165) is 6.92 Å². The minimum absolute atomic E-state index is 0.0512. The third-order valence-corrected chi connectivity index (χ3v) is 13.8. The largest absolute Gasteiger partial charge is 0.455 e. The second-order valence-corrected chi connectivity index (χ2v) is 18.3. The Labute approximate surface area is 413 Å². The lowest BCUT2D eigenvalue weighted by atomic mass is 9.44. The molecule has 6 rings (SSSR count). The average Bonchev–Trinajstić information content (AvgIpc) is 3.54. The lowest BCUT2D eigenvalue weighted by Gasteiger charge is -2.67. The lowest BCUT2D eigenvalue weighted by molar-refractivity contribution is -0.346.